The number of nitrogens with zero attached hydrogens (tertiary/aromatic N) is 2. The average molecular weight is 302 g/mol. The van der Waals surface area contributed by atoms with Crippen LogP contribution in [-0.2, 0) is 24.2 Å². The number of benzene rings is 1. The van der Waals surface area contributed by atoms with Crippen molar-refractivity contribution in [1.82, 2.24) is 4.98 Å². The first-order chi connectivity index (χ1) is 10.2. The molecule has 2 aromatic rings. The van der Waals surface area contributed by atoms with Crippen LogP contribution in [0.25, 0.3) is 0 Å². The maximum atomic E-state index is 11.5. The molecule has 1 unspecified atom stereocenters. The number of thiazole rings is 1. The van der Waals surface area contributed by atoms with Crippen LogP contribution in [-0.4, -0.2) is 22.1 Å². The highest BCUT2D eigenvalue weighted by Gasteiger charge is 2.34. The number of anilines is 1. The number of aromatic nitrogens is 1. The van der Waals surface area contributed by atoms with Gasteiger partial charge in [-0.05, 0) is 24.5 Å². The summed E-state index contributed by atoms with van der Waals surface area (Å²) in [6, 6.07) is 7.44. The Labute approximate surface area is 128 Å². The molecule has 1 aliphatic heterocycles. The van der Waals surface area contributed by atoms with E-state index in [0.717, 1.165) is 34.8 Å². The molecule has 1 atom stereocenters. The van der Waals surface area contributed by atoms with Gasteiger partial charge in [0.1, 0.15) is 6.04 Å². The number of hydrogen-bond acceptors (Lipinski definition) is 4. The Morgan fingerprint density at radius 3 is 3.05 bits per heavy atom. The Bertz CT molecular complexity index is 653. The van der Waals surface area contributed by atoms with Gasteiger partial charge in [-0.3, -0.25) is 0 Å². The zero-order chi connectivity index (χ0) is 14.8. The molecular weight excluding hydrogens is 284 g/mol. The minimum atomic E-state index is -0.768. The maximum absolute atomic E-state index is 11.5. The number of aliphatic carboxylic acids is 1. The molecule has 1 aromatic carbocycles. The van der Waals surface area contributed by atoms with E-state index >= 15 is 0 Å². The Morgan fingerprint density at radius 2 is 2.29 bits per heavy atom. The average Bonchev–Trinajstić information content (AvgIpc) is 3.05. The van der Waals surface area contributed by atoms with E-state index in [1.165, 1.54) is 0 Å². The van der Waals surface area contributed by atoms with Gasteiger partial charge in [0.05, 0.1) is 17.2 Å². The molecule has 0 saturated carbocycles. The molecule has 0 fully saturated rings. The molecule has 4 nitrogen and oxygen atoms in total. The number of carbonyl (C=O) groups is 1. The lowest BCUT2D eigenvalue weighted by Crippen LogP contribution is -2.38. The molecule has 1 N–H and O–H groups in total. The van der Waals surface area contributed by atoms with Crippen LogP contribution in [0.3, 0.4) is 0 Å². The lowest BCUT2D eigenvalue weighted by molar-refractivity contribution is -0.138. The topological polar surface area (TPSA) is 53.4 Å². The van der Waals surface area contributed by atoms with Crippen LogP contribution in [0.4, 0.5) is 5.69 Å². The predicted molar refractivity (Wildman–Crippen MR) is 83.9 cm³/mol. The van der Waals surface area contributed by atoms with Crippen molar-refractivity contribution in [3.63, 3.8) is 0 Å². The summed E-state index contributed by atoms with van der Waals surface area (Å²) in [5.41, 5.74) is 3.09. The highest BCUT2D eigenvalue weighted by molar-refractivity contribution is 7.09. The lowest BCUT2D eigenvalue weighted by atomic mass is 10.1. The van der Waals surface area contributed by atoms with E-state index in [0.29, 0.717) is 13.0 Å². The SMILES string of the molecule is CCCc1nc(CN2c3ccccc3CC2C(=O)O)cs1. The lowest BCUT2D eigenvalue weighted by Gasteiger charge is -2.23. The molecule has 0 radical (unpaired) electrons. The van der Waals surface area contributed by atoms with Gasteiger partial charge in [0.15, 0.2) is 0 Å². The first-order valence-corrected chi connectivity index (χ1v) is 8.07. The molecule has 3 rings (SSSR count). The molecular formula is C16H18N2O2S. The van der Waals surface area contributed by atoms with Gasteiger partial charge in [0.25, 0.3) is 0 Å². The second-order valence-electron chi connectivity index (χ2n) is 5.30. The van der Waals surface area contributed by atoms with E-state index in [9.17, 15) is 9.90 Å². The van der Waals surface area contributed by atoms with Crippen LogP contribution < -0.4 is 4.90 Å². The fourth-order valence-electron chi connectivity index (χ4n) is 2.79. The summed E-state index contributed by atoms with van der Waals surface area (Å²) in [5.74, 6) is -0.768. The quantitative estimate of drug-likeness (QED) is 0.922. The summed E-state index contributed by atoms with van der Waals surface area (Å²) in [6.45, 7) is 2.70. The van der Waals surface area contributed by atoms with Gasteiger partial charge in [-0.1, -0.05) is 25.1 Å². The van der Waals surface area contributed by atoms with Crippen molar-refractivity contribution < 1.29 is 9.90 Å². The third-order valence-corrected chi connectivity index (χ3v) is 4.73. The largest absolute Gasteiger partial charge is 0.480 e. The van der Waals surface area contributed by atoms with Gasteiger partial charge in [-0.25, -0.2) is 9.78 Å². The van der Waals surface area contributed by atoms with Crippen molar-refractivity contribution in [3.05, 3.63) is 45.9 Å². The van der Waals surface area contributed by atoms with E-state index < -0.39 is 12.0 Å². The molecule has 21 heavy (non-hydrogen) atoms. The number of para-hydroxylation sites is 1. The smallest absolute Gasteiger partial charge is 0.326 e. The van der Waals surface area contributed by atoms with Gasteiger partial charge < -0.3 is 10.0 Å². The molecule has 0 saturated heterocycles. The van der Waals surface area contributed by atoms with Gasteiger partial charge in [-0.2, -0.15) is 0 Å². The van der Waals surface area contributed by atoms with E-state index in [-0.39, 0.29) is 0 Å². The number of carboxylic acid groups (broad SMARTS) is 1. The standard InChI is InChI=1S/C16H18N2O2S/c1-2-5-15-17-12(10-21-15)9-18-13-7-4-3-6-11(13)8-14(18)16(19)20/h3-4,6-7,10,14H,2,5,8-9H2,1H3,(H,19,20). The fourth-order valence-corrected chi connectivity index (χ4v) is 3.68. The van der Waals surface area contributed by atoms with Crippen LogP contribution in [0.5, 0.6) is 0 Å². The molecule has 1 aliphatic rings. The second kappa shape index (κ2) is 5.85. The third kappa shape index (κ3) is 2.78. The van der Waals surface area contributed by atoms with E-state index in [1.54, 1.807) is 11.3 Å². The van der Waals surface area contributed by atoms with Crippen molar-refractivity contribution in [1.29, 1.82) is 0 Å². The first kappa shape index (κ1) is 14.1. The predicted octanol–water partition coefficient (Wildman–Crippen LogP) is 3.11. The van der Waals surface area contributed by atoms with E-state index in [1.807, 2.05) is 34.5 Å². The van der Waals surface area contributed by atoms with Crippen LogP contribution in [0.15, 0.2) is 29.6 Å². The molecule has 0 bridgehead atoms. The minimum Gasteiger partial charge on any atom is -0.480 e. The van der Waals surface area contributed by atoms with Gasteiger partial charge in [0.2, 0.25) is 0 Å². The van der Waals surface area contributed by atoms with Crippen molar-refractivity contribution >= 4 is 23.0 Å². The Kier molecular flexibility index (Phi) is 3.92. The number of fused-ring (bicyclic) bond motifs is 1. The minimum absolute atomic E-state index is 0.487. The number of hydrogen-bond donors (Lipinski definition) is 1. The fraction of sp³-hybridized carbons (Fsp3) is 0.375. The zero-order valence-corrected chi connectivity index (χ0v) is 12.8. The number of rotatable bonds is 5. The molecule has 110 valence electrons. The Balaban J connectivity index is 1.85. The molecule has 1 aromatic heterocycles. The summed E-state index contributed by atoms with van der Waals surface area (Å²) in [5, 5.41) is 12.6. The second-order valence-corrected chi connectivity index (χ2v) is 6.24. The molecule has 0 amide bonds. The van der Waals surface area contributed by atoms with Crippen LogP contribution in [0, 0.1) is 0 Å². The van der Waals surface area contributed by atoms with Crippen LogP contribution in [0.2, 0.25) is 0 Å². The molecule has 5 heteroatoms. The van der Waals surface area contributed by atoms with Gasteiger partial charge in [0, 0.05) is 17.5 Å². The van der Waals surface area contributed by atoms with Gasteiger partial charge >= 0.3 is 5.97 Å². The number of carboxylic acids is 1. The van der Waals surface area contributed by atoms with Crippen molar-refractivity contribution in [3.8, 4) is 0 Å². The van der Waals surface area contributed by atoms with Crippen molar-refractivity contribution in [2.45, 2.75) is 38.8 Å². The molecule has 0 aliphatic carbocycles. The third-order valence-electron chi connectivity index (χ3n) is 3.77. The summed E-state index contributed by atoms with van der Waals surface area (Å²) in [7, 11) is 0. The molecule has 0 spiro atoms. The van der Waals surface area contributed by atoms with Crippen molar-refractivity contribution in [2.75, 3.05) is 4.90 Å². The molecule has 2 heterocycles. The van der Waals surface area contributed by atoms with Crippen LogP contribution in [0.1, 0.15) is 29.6 Å². The summed E-state index contributed by atoms with van der Waals surface area (Å²) >= 11 is 1.66. The normalized spacial score (nSPS) is 17.0. The monoisotopic (exact) mass is 302 g/mol. The highest BCUT2D eigenvalue weighted by Crippen LogP contribution is 2.33. The van der Waals surface area contributed by atoms with E-state index in [4.69, 9.17) is 0 Å². The van der Waals surface area contributed by atoms with Gasteiger partial charge in [-0.15, -0.1) is 11.3 Å². The zero-order valence-electron chi connectivity index (χ0n) is 12.0. The highest BCUT2D eigenvalue weighted by atomic mass is 32.1. The Morgan fingerprint density at radius 1 is 1.48 bits per heavy atom. The summed E-state index contributed by atoms with van der Waals surface area (Å²) in [4.78, 5) is 18.1. The van der Waals surface area contributed by atoms with Crippen molar-refractivity contribution in [2.24, 2.45) is 0 Å². The first-order valence-electron chi connectivity index (χ1n) is 7.19. The van der Waals surface area contributed by atoms with E-state index in [2.05, 4.69) is 11.9 Å². The van der Waals surface area contributed by atoms with Crippen LogP contribution >= 0.6 is 11.3 Å². The Hall–Kier alpha value is -1.88. The summed E-state index contributed by atoms with van der Waals surface area (Å²) < 4.78 is 0. The summed E-state index contributed by atoms with van der Waals surface area (Å²) in [6.07, 6.45) is 2.64. The maximum Gasteiger partial charge on any atom is 0.326 e. The number of aryl methyl sites for hydroxylation is 1.